The van der Waals surface area contributed by atoms with E-state index in [1.807, 2.05) is 0 Å². The van der Waals surface area contributed by atoms with Gasteiger partial charge in [-0.1, -0.05) is 12.0 Å². The van der Waals surface area contributed by atoms with Crippen LogP contribution in [0.25, 0.3) is 10.4 Å². The summed E-state index contributed by atoms with van der Waals surface area (Å²) in [6.45, 7) is 3.76. The molecule has 94 valence electrons. The van der Waals surface area contributed by atoms with E-state index in [-0.39, 0.29) is 23.5 Å². The largest absolute Gasteiger partial charge is 0.452 e. The first-order valence-electron chi connectivity index (χ1n) is 5.97. The van der Waals surface area contributed by atoms with E-state index in [4.69, 9.17) is 20.4 Å². The maximum Gasteiger partial charge on any atom is 0.210 e. The van der Waals surface area contributed by atoms with Gasteiger partial charge in [0.2, 0.25) is 6.29 Å². The zero-order chi connectivity index (χ0) is 12.5. The van der Waals surface area contributed by atoms with Crippen molar-refractivity contribution in [1.82, 2.24) is 0 Å². The van der Waals surface area contributed by atoms with Crippen molar-refractivity contribution in [3.63, 3.8) is 0 Å². The van der Waals surface area contributed by atoms with Gasteiger partial charge in [-0.25, -0.2) is 0 Å². The Morgan fingerprint density at radius 1 is 1.53 bits per heavy atom. The average molecular weight is 238 g/mol. The molecule has 17 heavy (non-hydrogen) atoms. The molecule has 3 atom stereocenters. The quantitative estimate of drug-likeness (QED) is 0.269. The summed E-state index contributed by atoms with van der Waals surface area (Å²) in [5.41, 5.74) is 8.76. The molecular formula is C11H18N4O2. The van der Waals surface area contributed by atoms with E-state index >= 15 is 0 Å². The van der Waals surface area contributed by atoms with E-state index in [9.17, 15) is 0 Å². The van der Waals surface area contributed by atoms with Crippen LogP contribution in [-0.2, 0) is 9.47 Å². The van der Waals surface area contributed by atoms with E-state index in [0.717, 1.165) is 12.8 Å². The van der Waals surface area contributed by atoms with E-state index < -0.39 is 6.29 Å². The van der Waals surface area contributed by atoms with Gasteiger partial charge in [-0.05, 0) is 36.6 Å². The first-order valence-corrected chi connectivity index (χ1v) is 5.97. The maximum absolute atomic E-state index is 8.50. The van der Waals surface area contributed by atoms with Crippen molar-refractivity contribution in [1.29, 1.82) is 5.41 Å². The first kappa shape index (κ1) is 12.2. The van der Waals surface area contributed by atoms with Gasteiger partial charge in [-0.3, -0.25) is 5.41 Å². The van der Waals surface area contributed by atoms with Crippen LogP contribution >= 0.6 is 0 Å². The third-order valence-electron chi connectivity index (χ3n) is 3.65. The second-order valence-corrected chi connectivity index (χ2v) is 5.17. The van der Waals surface area contributed by atoms with Crippen LogP contribution in [0, 0.1) is 10.8 Å². The van der Waals surface area contributed by atoms with Gasteiger partial charge in [0.25, 0.3) is 0 Å². The molecule has 0 aromatic rings. The van der Waals surface area contributed by atoms with Crippen LogP contribution in [0.5, 0.6) is 0 Å². The summed E-state index contributed by atoms with van der Waals surface area (Å²) in [6.07, 6.45) is 3.59. The SMILES string of the molecule is CC(=N)OC1O[C@H](C2(C)CC2)CC[C@H]1N=[N+]=[N-]. The molecule has 2 rings (SSSR count). The van der Waals surface area contributed by atoms with Crippen LogP contribution in [0.4, 0.5) is 0 Å². The van der Waals surface area contributed by atoms with Crippen molar-refractivity contribution >= 4 is 5.90 Å². The molecule has 1 heterocycles. The summed E-state index contributed by atoms with van der Waals surface area (Å²) in [5.74, 6) is 0.0924. The fraction of sp³-hybridized carbons (Fsp3) is 0.909. The van der Waals surface area contributed by atoms with Gasteiger partial charge in [-0.15, -0.1) is 0 Å². The minimum Gasteiger partial charge on any atom is -0.452 e. The van der Waals surface area contributed by atoms with Gasteiger partial charge in [0.05, 0.1) is 12.1 Å². The van der Waals surface area contributed by atoms with Crippen LogP contribution < -0.4 is 0 Å². The highest BCUT2D eigenvalue weighted by Crippen LogP contribution is 2.52. The highest BCUT2D eigenvalue weighted by molar-refractivity contribution is 5.69. The van der Waals surface area contributed by atoms with Crippen molar-refractivity contribution in [3.05, 3.63) is 10.4 Å². The Labute approximate surface area is 100 Å². The number of nitrogens with one attached hydrogen (secondary N) is 1. The zero-order valence-corrected chi connectivity index (χ0v) is 10.2. The predicted molar refractivity (Wildman–Crippen MR) is 62.7 cm³/mol. The average Bonchev–Trinajstić information content (AvgIpc) is 3.00. The molecule has 0 aromatic carbocycles. The Bertz CT molecular complexity index is 360. The third-order valence-corrected chi connectivity index (χ3v) is 3.65. The highest BCUT2D eigenvalue weighted by Gasteiger charge is 2.49. The lowest BCUT2D eigenvalue weighted by atomic mass is 9.93. The summed E-state index contributed by atoms with van der Waals surface area (Å²) >= 11 is 0. The lowest BCUT2D eigenvalue weighted by Gasteiger charge is -2.36. The predicted octanol–water partition coefficient (Wildman–Crippen LogP) is 2.98. The normalized spacial score (nSPS) is 34.6. The molecule has 1 aliphatic carbocycles. The Morgan fingerprint density at radius 3 is 2.76 bits per heavy atom. The molecule has 0 amide bonds. The van der Waals surface area contributed by atoms with Crippen LogP contribution in [0.15, 0.2) is 5.11 Å². The molecule has 1 unspecified atom stereocenters. The minimum absolute atomic E-state index is 0.0924. The minimum atomic E-state index is -0.598. The highest BCUT2D eigenvalue weighted by atomic mass is 16.7. The third kappa shape index (κ3) is 2.70. The van der Waals surface area contributed by atoms with Gasteiger partial charge in [0.15, 0.2) is 5.90 Å². The van der Waals surface area contributed by atoms with Crippen LogP contribution in [-0.4, -0.2) is 24.3 Å². The zero-order valence-electron chi connectivity index (χ0n) is 10.2. The monoisotopic (exact) mass is 238 g/mol. The van der Waals surface area contributed by atoms with Crippen LogP contribution in [0.2, 0.25) is 0 Å². The lowest BCUT2D eigenvalue weighted by Crippen LogP contribution is -2.43. The topological polar surface area (TPSA) is 91.1 Å². The fourth-order valence-corrected chi connectivity index (χ4v) is 2.27. The standard InChI is InChI=1S/C11H18N4O2/c1-7(12)16-10-8(14-15-13)3-4-9(17-10)11(2)5-6-11/h8-10,12H,3-6H2,1-2H3/t8-,9+,10?/m1/s1. The first-order chi connectivity index (χ1) is 8.05. The second kappa shape index (κ2) is 4.55. The van der Waals surface area contributed by atoms with Gasteiger partial charge in [-0.2, -0.15) is 0 Å². The van der Waals surface area contributed by atoms with E-state index in [1.165, 1.54) is 12.8 Å². The summed E-state index contributed by atoms with van der Waals surface area (Å²) in [4.78, 5) is 2.81. The molecule has 0 aromatic heterocycles. The Kier molecular flexibility index (Phi) is 3.26. The number of rotatable bonds is 3. The van der Waals surface area contributed by atoms with Crippen molar-refractivity contribution in [3.8, 4) is 0 Å². The Hall–Kier alpha value is -1.26. The van der Waals surface area contributed by atoms with E-state index in [2.05, 4.69) is 16.9 Å². The molecule has 0 radical (unpaired) electrons. The summed E-state index contributed by atoms with van der Waals surface area (Å²) in [6, 6.07) is -0.320. The van der Waals surface area contributed by atoms with Gasteiger partial charge in [0, 0.05) is 11.8 Å². The molecular weight excluding hydrogens is 220 g/mol. The molecule has 1 saturated heterocycles. The summed E-state index contributed by atoms with van der Waals surface area (Å²) in [7, 11) is 0. The number of azide groups is 1. The molecule has 0 spiro atoms. The fourth-order valence-electron chi connectivity index (χ4n) is 2.27. The van der Waals surface area contributed by atoms with Crippen molar-refractivity contribution in [2.45, 2.75) is 58.0 Å². The number of hydrogen-bond donors (Lipinski definition) is 1. The maximum atomic E-state index is 8.50. The molecule has 0 bridgehead atoms. The Balaban J connectivity index is 2.03. The molecule has 6 heteroatoms. The summed E-state index contributed by atoms with van der Waals surface area (Å²) in [5, 5.41) is 11.0. The molecule has 1 saturated carbocycles. The molecule has 6 nitrogen and oxygen atoms in total. The smallest absolute Gasteiger partial charge is 0.210 e. The number of ether oxygens (including phenoxy) is 2. The summed E-state index contributed by atoms with van der Waals surface area (Å²) < 4.78 is 11.2. The second-order valence-electron chi connectivity index (χ2n) is 5.17. The molecule has 2 fully saturated rings. The number of nitrogens with zero attached hydrogens (tertiary/aromatic N) is 3. The molecule has 2 aliphatic rings. The van der Waals surface area contributed by atoms with Gasteiger partial charge in [0.1, 0.15) is 0 Å². The molecule has 1 aliphatic heterocycles. The Morgan fingerprint density at radius 2 is 2.24 bits per heavy atom. The molecule has 1 N–H and O–H groups in total. The van der Waals surface area contributed by atoms with Crippen LogP contribution in [0.3, 0.4) is 0 Å². The lowest BCUT2D eigenvalue weighted by molar-refractivity contribution is -0.181. The van der Waals surface area contributed by atoms with Crippen LogP contribution in [0.1, 0.15) is 39.5 Å². The number of hydrogen-bond acceptors (Lipinski definition) is 4. The van der Waals surface area contributed by atoms with E-state index in [1.54, 1.807) is 6.92 Å². The van der Waals surface area contributed by atoms with Gasteiger partial charge >= 0.3 is 0 Å². The van der Waals surface area contributed by atoms with Gasteiger partial charge < -0.3 is 9.47 Å². The van der Waals surface area contributed by atoms with Crippen molar-refractivity contribution < 1.29 is 9.47 Å². The van der Waals surface area contributed by atoms with Crippen molar-refractivity contribution in [2.24, 2.45) is 10.5 Å². The van der Waals surface area contributed by atoms with Crippen molar-refractivity contribution in [2.75, 3.05) is 0 Å². The van der Waals surface area contributed by atoms with E-state index in [0.29, 0.717) is 0 Å².